The Balaban J connectivity index is 1.47. The van der Waals surface area contributed by atoms with Crippen LogP contribution < -0.4 is 5.32 Å². The Morgan fingerprint density at radius 1 is 1.29 bits per heavy atom. The molecule has 1 amide bonds. The van der Waals surface area contributed by atoms with Crippen molar-refractivity contribution in [3.8, 4) is 11.3 Å². The van der Waals surface area contributed by atoms with Gasteiger partial charge in [0.2, 0.25) is 0 Å². The molecule has 0 saturated heterocycles. The SMILES string of the molecule is O=C(N[C@@H]1CCc2nccn2C1)c1ccc(-c2ccccc2Cl)o1. The maximum atomic E-state index is 12.4. The monoisotopic (exact) mass is 341 g/mol. The van der Waals surface area contributed by atoms with Crippen LogP contribution >= 0.6 is 11.6 Å². The van der Waals surface area contributed by atoms with Crippen LogP contribution in [0.5, 0.6) is 0 Å². The maximum absolute atomic E-state index is 12.4. The van der Waals surface area contributed by atoms with Gasteiger partial charge >= 0.3 is 0 Å². The van der Waals surface area contributed by atoms with Gasteiger partial charge in [0.15, 0.2) is 5.76 Å². The molecule has 4 rings (SSSR count). The highest BCUT2D eigenvalue weighted by molar-refractivity contribution is 6.33. The maximum Gasteiger partial charge on any atom is 0.287 e. The van der Waals surface area contributed by atoms with Gasteiger partial charge in [-0.05, 0) is 30.7 Å². The Labute approximate surface area is 144 Å². The standard InChI is InChI=1S/C18H16ClN3O2/c19-14-4-2-1-3-13(14)15-6-7-16(24-15)18(23)21-12-5-8-17-20-9-10-22(17)11-12/h1-4,6-7,9-10,12H,5,8,11H2,(H,21,23)/t12-/m1/s1. The van der Waals surface area contributed by atoms with Crippen molar-refractivity contribution in [1.82, 2.24) is 14.9 Å². The van der Waals surface area contributed by atoms with Gasteiger partial charge < -0.3 is 14.3 Å². The Kier molecular flexibility index (Phi) is 3.86. The van der Waals surface area contributed by atoms with Crippen molar-refractivity contribution in [3.05, 3.63) is 65.4 Å². The lowest BCUT2D eigenvalue weighted by Gasteiger charge is -2.24. The normalized spacial score (nSPS) is 16.6. The number of aryl methyl sites for hydroxylation is 1. The van der Waals surface area contributed by atoms with E-state index < -0.39 is 0 Å². The summed E-state index contributed by atoms with van der Waals surface area (Å²) in [4.78, 5) is 16.7. The molecule has 1 aromatic carbocycles. The highest BCUT2D eigenvalue weighted by Crippen LogP contribution is 2.29. The first-order valence-corrected chi connectivity index (χ1v) is 8.24. The van der Waals surface area contributed by atoms with Crippen molar-refractivity contribution in [3.63, 3.8) is 0 Å². The number of nitrogens with one attached hydrogen (secondary N) is 1. The molecule has 1 aliphatic heterocycles. The summed E-state index contributed by atoms with van der Waals surface area (Å²) >= 11 is 6.17. The van der Waals surface area contributed by atoms with Crippen molar-refractivity contribution < 1.29 is 9.21 Å². The van der Waals surface area contributed by atoms with Gasteiger partial charge in [0, 0.05) is 37.0 Å². The van der Waals surface area contributed by atoms with E-state index in [1.165, 1.54) is 0 Å². The Hall–Kier alpha value is -2.53. The number of imidazole rings is 1. The highest BCUT2D eigenvalue weighted by atomic mass is 35.5. The van der Waals surface area contributed by atoms with Crippen molar-refractivity contribution >= 4 is 17.5 Å². The van der Waals surface area contributed by atoms with E-state index in [-0.39, 0.29) is 11.9 Å². The zero-order valence-corrected chi connectivity index (χ0v) is 13.7. The number of furan rings is 1. The predicted molar refractivity (Wildman–Crippen MR) is 91.0 cm³/mol. The van der Waals surface area contributed by atoms with Gasteiger partial charge in [0.05, 0.1) is 5.02 Å². The number of carbonyl (C=O) groups excluding carboxylic acids is 1. The Bertz CT molecular complexity index is 884. The van der Waals surface area contributed by atoms with E-state index in [4.69, 9.17) is 16.0 Å². The predicted octanol–water partition coefficient (Wildman–Crippen LogP) is 3.54. The van der Waals surface area contributed by atoms with E-state index in [9.17, 15) is 4.79 Å². The third kappa shape index (κ3) is 2.83. The minimum absolute atomic E-state index is 0.0769. The zero-order chi connectivity index (χ0) is 16.5. The van der Waals surface area contributed by atoms with Crippen LogP contribution in [-0.2, 0) is 13.0 Å². The molecule has 24 heavy (non-hydrogen) atoms. The van der Waals surface area contributed by atoms with Crippen LogP contribution in [0, 0.1) is 0 Å². The summed E-state index contributed by atoms with van der Waals surface area (Å²) in [5.41, 5.74) is 0.777. The lowest BCUT2D eigenvalue weighted by atomic mass is 10.1. The molecule has 122 valence electrons. The average Bonchev–Trinajstić information content (AvgIpc) is 3.24. The Morgan fingerprint density at radius 3 is 3.04 bits per heavy atom. The smallest absolute Gasteiger partial charge is 0.287 e. The van der Waals surface area contributed by atoms with Gasteiger partial charge in [-0.15, -0.1) is 0 Å². The number of aromatic nitrogens is 2. The Morgan fingerprint density at radius 2 is 2.17 bits per heavy atom. The molecule has 0 fully saturated rings. The molecule has 0 aliphatic carbocycles. The second-order valence-corrected chi connectivity index (χ2v) is 6.26. The molecule has 5 nitrogen and oxygen atoms in total. The number of carbonyl (C=O) groups is 1. The molecule has 1 atom stereocenters. The minimum Gasteiger partial charge on any atom is -0.451 e. The van der Waals surface area contributed by atoms with E-state index in [0.29, 0.717) is 16.5 Å². The molecule has 0 bridgehead atoms. The number of amides is 1. The molecular formula is C18H16ClN3O2. The third-order valence-electron chi connectivity index (χ3n) is 4.24. The van der Waals surface area contributed by atoms with Crippen molar-refractivity contribution in [2.75, 3.05) is 0 Å². The fraction of sp³-hybridized carbons (Fsp3) is 0.222. The summed E-state index contributed by atoms with van der Waals surface area (Å²) in [5.74, 6) is 1.74. The van der Waals surface area contributed by atoms with Crippen LogP contribution in [0.3, 0.4) is 0 Å². The largest absolute Gasteiger partial charge is 0.451 e. The molecule has 3 heterocycles. The zero-order valence-electron chi connectivity index (χ0n) is 12.9. The number of rotatable bonds is 3. The number of hydrogen-bond donors (Lipinski definition) is 1. The van der Waals surface area contributed by atoms with Gasteiger partial charge in [0.1, 0.15) is 11.6 Å². The second kappa shape index (κ2) is 6.17. The molecule has 1 aliphatic rings. The number of hydrogen-bond acceptors (Lipinski definition) is 3. The van der Waals surface area contributed by atoms with E-state index in [1.54, 1.807) is 24.4 Å². The number of benzene rings is 1. The average molecular weight is 342 g/mol. The molecular weight excluding hydrogens is 326 g/mol. The van der Waals surface area contributed by atoms with Gasteiger partial charge in [-0.1, -0.05) is 23.7 Å². The quantitative estimate of drug-likeness (QED) is 0.792. The first-order valence-electron chi connectivity index (χ1n) is 7.86. The molecule has 2 aromatic heterocycles. The van der Waals surface area contributed by atoms with Crippen LogP contribution in [-0.4, -0.2) is 21.5 Å². The summed E-state index contributed by atoms with van der Waals surface area (Å²) < 4.78 is 7.77. The van der Waals surface area contributed by atoms with Crippen LogP contribution in [0.2, 0.25) is 5.02 Å². The van der Waals surface area contributed by atoms with Crippen LogP contribution in [0.15, 0.2) is 53.2 Å². The summed E-state index contributed by atoms with van der Waals surface area (Å²) in [6, 6.07) is 10.9. The summed E-state index contributed by atoms with van der Waals surface area (Å²) in [5, 5.41) is 3.63. The van der Waals surface area contributed by atoms with E-state index >= 15 is 0 Å². The summed E-state index contributed by atoms with van der Waals surface area (Å²) in [6.45, 7) is 0.735. The van der Waals surface area contributed by atoms with Gasteiger partial charge in [0.25, 0.3) is 5.91 Å². The van der Waals surface area contributed by atoms with Crippen LogP contribution in [0.4, 0.5) is 0 Å². The molecule has 0 unspecified atom stereocenters. The molecule has 0 radical (unpaired) electrons. The third-order valence-corrected chi connectivity index (χ3v) is 4.57. The number of halogens is 1. The number of nitrogens with zero attached hydrogens (tertiary/aromatic N) is 2. The van der Waals surface area contributed by atoms with Crippen LogP contribution in [0.1, 0.15) is 22.8 Å². The molecule has 0 spiro atoms. The van der Waals surface area contributed by atoms with Gasteiger partial charge in [-0.3, -0.25) is 4.79 Å². The van der Waals surface area contributed by atoms with Crippen LogP contribution in [0.25, 0.3) is 11.3 Å². The van der Waals surface area contributed by atoms with Gasteiger partial charge in [-0.25, -0.2) is 4.98 Å². The molecule has 0 saturated carbocycles. The molecule has 1 N–H and O–H groups in total. The first-order chi connectivity index (χ1) is 11.7. The van der Waals surface area contributed by atoms with E-state index in [2.05, 4.69) is 14.9 Å². The van der Waals surface area contributed by atoms with Crippen molar-refractivity contribution in [1.29, 1.82) is 0 Å². The van der Waals surface area contributed by atoms with E-state index in [0.717, 1.165) is 30.8 Å². The lowest BCUT2D eigenvalue weighted by Crippen LogP contribution is -2.40. The molecule has 6 heteroatoms. The fourth-order valence-electron chi connectivity index (χ4n) is 3.01. The lowest BCUT2D eigenvalue weighted by molar-refractivity contribution is 0.0900. The fourth-order valence-corrected chi connectivity index (χ4v) is 3.24. The second-order valence-electron chi connectivity index (χ2n) is 5.85. The van der Waals surface area contributed by atoms with Crippen molar-refractivity contribution in [2.24, 2.45) is 0 Å². The minimum atomic E-state index is -0.207. The summed E-state index contributed by atoms with van der Waals surface area (Å²) in [6.07, 6.45) is 5.47. The highest BCUT2D eigenvalue weighted by Gasteiger charge is 2.22. The summed E-state index contributed by atoms with van der Waals surface area (Å²) in [7, 11) is 0. The topological polar surface area (TPSA) is 60.1 Å². The van der Waals surface area contributed by atoms with Crippen molar-refractivity contribution in [2.45, 2.75) is 25.4 Å². The molecule has 3 aromatic rings. The first kappa shape index (κ1) is 15.0. The van der Waals surface area contributed by atoms with E-state index in [1.807, 2.05) is 24.4 Å². The number of fused-ring (bicyclic) bond motifs is 1. The van der Waals surface area contributed by atoms with Gasteiger partial charge in [-0.2, -0.15) is 0 Å².